The zero-order valence-corrected chi connectivity index (χ0v) is 13.1. The zero-order valence-electron chi connectivity index (χ0n) is 13.1. The lowest BCUT2D eigenvalue weighted by molar-refractivity contribution is -0.128. The molecule has 0 aromatic heterocycles. The van der Waals surface area contributed by atoms with Crippen LogP contribution >= 0.6 is 0 Å². The maximum atomic E-state index is 12.3. The van der Waals surface area contributed by atoms with Gasteiger partial charge in [-0.1, -0.05) is 0 Å². The molecule has 7 heteroatoms. The van der Waals surface area contributed by atoms with Crippen molar-refractivity contribution in [1.82, 2.24) is 15.1 Å². The summed E-state index contributed by atoms with van der Waals surface area (Å²) < 4.78 is 0. The molecule has 1 fully saturated rings. The Morgan fingerprint density at radius 1 is 1.27 bits per heavy atom. The molecule has 0 bridgehead atoms. The summed E-state index contributed by atoms with van der Waals surface area (Å²) in [4.78, 5) is 16.2. The van der Waals surface area contributed by atoms with E-state index in [2.05, 4.69) is 10.2 Å². The highest BCUT2D eigenvalue weighted by molar-refractivity contribution is 5.97. The Bertz CT molecular complexity index is 397. The molecule has 0 saturated carbocycles. The van der Waals surface area contributed by atoms with Crippen LogP contribution in [0.3, 0.4) is 0 Å². The third-order valence-corrected chi connectivity index (χ3v) is 3.68. The van der Waals surface area contributed by atoms with E-state index in [1.165, 1.54) is 6.20 Å². The van der Waals surface area contributed by atoms with E-state index >= 15 is 0 Å². The second-order valence-electron chi connectivity index (χ2n) is 5.33. The van der Waals surface area contributed by atoms with E-state index in [1.807, 2.05) is 6.07 Å². The van der Waals surface area contributed by atoms with Crippen LogP contribution in [0, 0.1) is 11.3 Å². The van der Waals surface area contributed by atoms with Crippen molar-refractivity contribution in [3.8, 4) is 6.07 Å². The molecule has 0 spiro atoms. The summed E-state index contributed by atoms with van der Waals surface area (Å²) in [5, 5.41) is 20.8. The van der Waals surface area contributed by atoms with E-state index < -0.39 is 0 Å². The first-order chi connectivity index (χ1) is 10.7. The summed E-state index contributed by atoms with van der Waals surface area (Å²) >= 11 is 0. The number of carbonyl (C=O) groups is 1. The van der Waals surface area contributed by atoms with Crippen LogP contribution < -0.4 is 11.1 Å². The van der Waals surface area contributed by atoms with Crippen molar-refractivity contribution in [2.75, 3.05) is 52.4 Å². The third-order valence-electron chi connectivity index (χ3n) is 3.68. The molecule has 1 aliphatic rings. The van der Waals surface area contributed by atoms with Gasteiger partial charge >= 0.3 is 0 Å². The quantitative estimate of drug-likeness (QED) is 0.294. The molecule has 0 unspecified atom stereocenters. The normalized spacial score (nSPS) is 16.4. The molecule has 0 aromatic rings. The Hall–Kier alpha value is -1.62. The molecule has 1 saturated heterocycles. The van der Waals surface area contributed by atoms with E-state index in [0.717, 1.165) is 38.9 Å². The number of nitrogens with two attached hydrogens (primary N) is 1. The minimum atomic E-state index is -0.210. The van der Waals surface area contributed by atoms with Crippen LogP contribution in [0.25, 0.3) is 0 Å². The molecule has 0 atom stereocenters. The summed E-state index contributed by atoms with van der Waals surface area (Å²) in [5.41, 5.74) is 5.67. The molecule has 22 heavy (non-hydrogen) atoms. The number of unbranched alkanes of at least 4 members (excludes halogenated alkanes) is 2. The molecule has 4 N–H and O–H groups in total. The van der Waals surface area contributed by atoms with Gasteiger partial charge in [0.05, 0.1) is 0 Å². The van der Waals surface area contributed by atoms with Crippen LogP contribution in [0.4, 0.5) is 0 Å². The van der Waals surface area contributed by atoms with Gasteiger partial charge in [-0.2, -0.15) is 5.26 Å². The van der Waals surface area contributed by atoms with Gasteiger partial charge in [-0.25, -0.2) is 0 Å². The number of carbonyl (C=O) groups excluding carboxylic acids is 1. The first-order valence-corrected chi connectivity index (χ1v) is 7.89. The number of aliphatic hydroxyl groups is 1. The second kappa shape index (κ2) is 11.0. The average Bonchev–Trinajstić information content (AvgIpc) is 2.55. The smallest absolute Gasteiger partial charge is 0.266 e. The minimum Gasteiger partial charge on any atom is -0.396 e. The van der Waals surface area contributed by atoms with Crippen LogP contribution in [-0.4, -0.2) is 73.2 Å². The minimum absolute atomic E-state index is 0.148. The number of nitrogens with zero attached hydrogens (tertiary/aromatic N) is 3. The summed E-state index contributed by atoms with van der Waals surface area (Å²) in [6, 6.07) is 1.97. The summed E-state index contributed by atoms with van der Waals surface area (Å²) in [5.74, 6) is -0.210. The Kier molecular flexibility index (Phi) is 9.23. The number of aliphatic hydroxyl groups excluding tert-OH is 1. The highest BCUT2D eigenvalue weighted by Gasteiger charge is 2.23. The molecule has 0 aliphatic carbocycles. The van der Waals surface area contributed by atoms with E-state index in [0.29, 0.717) is 26.2 Å². The van der Waals surface area contributed by atoms with Gasteiger partial charge in [0, 0.05) is 58.6 Å². The SMILES string of the molecule is N#C/C(=C/NCCCCCO)C(=O)N1CCN(CCN)CC1. The second-order valence-corrected chi connectivity index (χ2v) is 5.33. The van der Waals surface area contributed by atoms with Crippen LogP contribution in [0.1, 0.15) is 19.3 Å². The number of hydrogen-bond acceptors (Lipinski definition) is 6. The molecular formula is C15H27N5O2. The number of rotatable bonds is 9. The van der Waals surface area contributed by atoms with Crippen molar-refractivity contribution in [2.45, 2.75) is 19.3 Å². The summed E-state index contributed by atoms with van der Waals surface area (Å²) in [6.07, 6.45) is 4.12. The topological polar surface area (TPSA) is 106 Å². The van der Waals surface area contributed by atoms with E-state index in [-0.39, 0.29) is 18.1 Å². The van der Waals surface area contributed by atoms with E-state index in [9.17, 15) is 4.79 Å². The monoisotopic (exact) mass is 309 g/mol. The summed E-state index contributed by atoms with van der Waals surface area (Å²) in [7, 11) is 0. The van der Waals surface area contributed by atoms with Crippen molar-refractivity contribution in [1.29, 1.82) is 5.26 Å². The molecule has 1 amide bonds. The van der Waals surface area contributed by atoms with Crippen LogP contribution in [0.15, 0.2) is 11.8 Å². The lowest BCUT2D eigenvalue weighted by Crippen LogP contribution is -2.50. The van der Waals surface area contributed by atoms with Crippen molar-refractivity contribution < 1.29 is 9.90 Å². The van der Waals surface area contributed by atoms with Crippen LogP contribution in [-0.2, 0) is 4.79 Å². The van der Waals surface area contributed by atoms with Gasteiger partial charge in [0.1, 0.15) is 11.6 Å². The first-order valence-electron chi connectivity index (χ1n) is 7.89. The molecule has 1 rings (SSSR count). The highest BCUT2D eigenvalue weighted by atomic mass is 16.2. The van der Waals surface area contributed by atoms with Crippen molar-refractivity contribution in [3.63, 3.8) is 0 Å². The van der Waals surface area contributed by atoms with Gasteiger partial charge in [-0.3, -0.25) is 9.69 Å². The highest BCUT2D eigenvalue weighted by Crippen LogP contribution is 2.06. The van der Waals surface area contributed by atoms with Crippen molar-refractivity contribution in [2.24, 2.45) is 5.73 Å². The third kappa shape index (κ3) is 6.43. The number of piperazine rings is 1. The molecule has 1 heterocycles. The first kappa shape index (κ1) is 18.4. The predicted octanol–water partition coefficient (Wildman–Crippen LogP) is -0.751. The Morgan fingerprint density at radius 2 is 2.00 bits per heavy atom. The van der Waals surface area contributed by atoms with Gasteiger partial charge in [0.15, 0.2) is 0 Å². The van der Waals surface area contributed by atoms with E-state index in [4.69, 9.17) is 16.1 Å². The molecule has 0 aromatic carbocycles. The van der Waals surface area contributed by atoms with Crippen molar-refractivity contribution >= 4 is 5.91 Å². The van der Waals surface area contributed by atoms with Crippen LogP contribution in [0.2, 0.25) is 0 Å². The van der Waals surface area contributed by atoms with E-state index in [1.54, 1.807) is 4.90 Å². The molecular weight excluding hydrogens is 282 g/mol. The molecule has 7 nitrogen and oxygen atoms in total. The Labute approximate surface area is 132 Å². The van der Waals surface area contributed by atoms with Crippen molar-refractivity contribution in [3.05, 3.63) is 11.8 Å². The van der Waals surface area contributed by atoms with Gasteiger partial charge < -0.3 is 21.1 Å². The Morgan fingerprint density at radius 3 is 2.59 bits per heavy atom. The summed E-state index contributed by atoms with van der Waals surface area (Å²) in [6.45, 7) is 5.24. The number of hydrogen-bond donors (Lipinski definition) is 3. The number of nitriles is 1. The molecule has 0 radical (unpaired) electrons. The lowest BCUT2D eigenvalue weighted by Gasteiger charge is -2.34. The molecule has 124 valence electrons. The number of amides is 1. The average molecular weight is 309 g/mol. The van der Waals surface area contributed by atoms with Gasteiger partial charge in [0.25, 0.3) is 5.91 Å². The fourth-order valence-electron chi connectivity index (χ4n) is 2.36. The molecule has 1 aliphatic heterocycles. The van der Waals surface area contributed by atoms with Gasteiger partial charge in [0.2, 0.25) is 0 Å². The fourth-order valence-corrected chi connectivity index (χ4v) is 2.36. The zero-order chi connectivity index (χ0) is 16.2. The van der Waals surface area contributed by atoms with Gasteiger partial charge in [-0.15, -0.1) is 0 Å². The standard InChI is InChI=1S/C15H27N5O2/c16-4-6-19-7-9-20(10-8-19)15(22)14(12-17)13-18-5-2-1-3-11-21/h13,18,21H,1-11,16H2/b14-13-. The van der Waals surface area contributed by atoms with Gasteiger partial charge in [-0.05, 0) is 19.3 Å². The maximum absolute atomic E-state index is 12.3. The Balaban J connectivity index is 2.36. The maximum Gasteiger partial charge on any atom is 0.266 e. The predicted molar refractivity (Wildman–Crippen MR) is 84.7 cm³/mol. The fraction of sp³-hybridized carbons (Fsp3) is 0.733. The number of nitrogens with one attached hydrogen (secondary N) is 1. The lowest BCUT2D eigenvalue weighted by atomic mass is 10.2. The largest absolute Gasteiger partial charge is 0.396 e. The van der Waals surface area contributed by atoms with Crippen LogP contribution in [0.5, 0.6) is 0 Å².